The molecule has 1 aliphatic rings. The molecular weight excluding hydrogens is 320 g/mol. The molecule has 0 aliphatic carbocycles. The van der Waals surface area contributed by atoms with Gasteiger partial charge in [-0.25, -0.2) is 0 Å². The second-order valence-electron chi connectivity index (χ2n) is 5.72. The summed E-state index contributed by atoms with van der Waals surface area (Å²) in [5, 5.41) is 2.55. The van der Waals surface area contributed by atoms with Gasteiger partial charge in [-0.15, -0.1) is 0 Å². The lowest BCUT2D eigenvalue weighted by Crippen LogP contribution is -2.38. The summed E-state index contributed by atoms with van der Waals surface area (Å²) < 4.78 is 0. The van der Waals surface area contributed by atoms with E-state index in [0.29, 0.717) is 5.56 Å². The summed E-state index contributed by atoms with van der Waals surface area (Å²) >= 11 is 0. The van der Waals surface area contributed by atoms with Crippen molar-refractivity contribution in [3.8, 4) is 0 Å². The maximum atomic E-state index is 12.4. The number of nitrogens with zero attached hydrogens (tertiary/aromatic N) is 1. The summed E-state index contributed by atoms with van der Waals surface area (Å²) in [7, 11) is 0. The van der Waals surface area contributed by atoms with E-state index in [9.17, 15) is 19.2 Å². The number of imide groups is 1. The van der Waals surface area contributed by atoms with Crippen LogP contribution in [0.25, 0.3) is 0 Å². The number of amides is 3. The standard InChI is InChI=1S/C19H16N2O4/c22-16-15(17(23)20-11-13-7-3-1-4-8-13)18(24)21(19(16)25)12-14-9-5-2-6-10-14/h1-10,15H,11-12H2,(H,20,23)/t15-/m0/s1. The minimum atomic E-state index is -1.60. The molecule has 0 aromatic heterocycles. The van der Waals surface area contributed by atoms with Gasteiger partial charge in [0.25, 0.3) is 11.8 Å². The van der Waals surface area contributed by atoms with Crippen LogP contribution in [-0.2, 0) is 32.3 Å². The van der Waals surface area contributed by atoms with E-state index in [-0.39, 0.29) is 13.1 Å². The Bertz CT molecular complexity index is 818. The molecule has 0 spiro atoms. The van der Waals surface area contributed by atoms with Crippen LogP contribution in [0.3, 0.4) is 0 Å². The lowest BCUT2D eigenvalue weighted by Gasteiger charge is -2.14. The average molecular weight is 336 g/mol. The monoisotopic (exact) mass is 336 g/mol. The van der Waals surface area contributed by atoms with Crippen molar-refractivity contribution in [2.75, 3.05) is 0 Å². The van der Waals surface area contributed by atoms with Crippen LogP contribution in [0.4, 0.5) is 0 Å². The predicted octanol–water partition coefficient (Wildman–Crippen LogP) is 1.06. The van der Waals surface area contributed by atoms with Gasteiger partial charge in [0.05, 0.1) is 6.54 Å². The Kier molecular flexibility index (Phi) is 4.70. The maximum Gasteiger partial charge on any atom is 0.298 e. The fraction of sp³-hybridized carbons (Fsp3) is 0.158. The molecule has 3 amide bonds. The molecule has 6 nitrogen and oxygen atoms in total. The van der Waals surface area contributed by atoms with Crippen molar-refractivity contribution in [1.82, 2.24) is 10.2 Å². The molecule has 2 aromatic rings. The summed E-state index contributed by atoms with van der Waals surface area (Å²) in [6.07, 6.45) is 0. The van der Waals surface area contributed by atoms with Crippen LogP contribution in [0.2, 0.25) is 0 Å². The Labute approximate surface area is 144 Å². The quantitative estimate of drug-likeness (QED) is 0.503. The van der Waals surface area contributed by atoms with E-state index in [1.165, 1.54) is 0 Å². The number of carbonyl (C=O) groups is 4. The first-order chi connectivity index (χ1) is 12.1. The average Bonchev–Trinajstić information content (AvgIpc) is 2.85. The molecule has 1 aliphatic heterocycles. The molecule has 126 valence electrons. The molecule has 6 heteroatoms. The molecule has 1 atom stereocenters. The van der Waals surface area contributed by atoms with Crippen molar-refractivity contribution in [3.63, 3.8) is 0 Å². The lowest BCUT2D eigenvalue weighted by molar-refractivity contribution is -0.143. The Balaban J connectivity index is 1.69. The fourth-order valence-corrected chi connectivity index (χ4v) is 2.66. The summed E-state index contributed by atoms with van der Waals surface area (Å²) in [5.41, 5.74) is 1.54. The number of rotatable bonds is 5. The number of hydrogen-bond donors (Lipinski definition) is 1. The lowest BCUT2D eigenvalue weighted by atomic mass is 10.1. The van der Waals surface area contributed by atoms with Gasteiger partial charge in [-0.1, -0.05) is 60.7 Å². The molecule has 2 aromatic carbocycles. The van der Waals surface area contributed by atoms with E-state index in [1.807, 2.05) is 36.4 Å². The number of nitrogens with one attached hydrogen (secondary N) is 1. The minimum absolute atomic E-state index is 0.0211. The highest BCUT2D eigenvalue weighted by Crippen LogP contribution is 2.19. The summed E-state index contributed by atoms with van der Waals surface area (Å²) in [5.74, 6) is -5.03. The van der Waals surface area contributed by atoms with Crippen LogP contribution in [0.15, 0.2) is 60.7 Å². The number of likely N-dealkylation sites (tertiary alicyclic amines) is 1. The number of carbonyl (C=O) groups excluding carboxylic acids is 4. The highest BCUT2D eigenvalue weighted by molar-refractivity contribution is 6.52. The van der Waals surface area contributed by atoms with Gasteiger partial charge in [0.1, 0.15) is 0 Å². The first-order valence-electron chi connectivity index (χ1n) is 7.83. The van der Waals surface area contributed by atoms with E-state index in [0.717, 1.165) is 10.5 Å². The summed E-state index contributed by atoms with van der Waals surface area (Å²) in [6, 6.07) is 17.9. The highest BCUT2D eigenvalue weighted by Gasteiger charge is 2.50. The third-order valence-electron chi connectivity index (χ3n) is 3.99. The molecule has 1 saturated heterocycles. The van der Waals surface area contributed by atoms with Crippen LogP contribution < -0.4 is 5.32 Å². The molecule has 1 fully saturated rings. The van der Waals surface area contributed by atoms with Gasteiger partial charge in [0.15, 0.2) is 5.92 Å². The van der Waals surface area contributed by atoms with E-state index < -0.39 is 29.4 Å². The summed E-state index contributed by atoms with van der Waals surface area (Å²) in [4.78, 5) is 49.7. The highest BCUT2D eigenvalue weighted by atomic mass is 16.2. The predicted molar refractivity (Wildman–Crippen MR) is 88.8 cm³/mol. The third-order valence-corrected chi connectivity index (χ3v) is 3.99. The van der Waals surface area contributed by atoms with Gasteiger partial charge < -0.3 is 5.32 Å². The van der Waals surface area contributed by atoms with Gasteiger partial charge in [-0.3, -0.25) is 24.1 Å². The fourth-order valence-electron chi connectivity index (χ4n) is 2.66. The largest absolute Gasteiger partial charge is 0.351 e. The zero-order chi connectivity index (χ0) is 17.8. The zero-order valence-electron chi connectivity index (χ0n) is 13.3. The molecule has 25 heavy (non-hydrogen) atoms. The van der Waals surface area contributed by atoms with Crippen LogP contribution >= 0.6 is 0 Å². The molecule has 1 N–H and O–H groups in total. The van der Waals surface area contributed by atoms with Crippen molar-refractivity contribution in [2.24, 2.45) is 5.92 Å². The van der Waals surface area contributed by atoms with Gasteiger partial charge in [0.2, 0.25) is 11.7 Å². The van der Waals surface area contributed by atoms with Crippen molar-refractivity contribution in [1.29, 1.82) is 0 Å². The van der Waals surface area contributed by atoms with Gasteiger partial charge in [0, 0.05) is 6.54 Å². The van der Waals surface area contributed by atoms with Gasteiger partial charge >= 0.3 is 0 Å². The molecule has 0 bridgehead atoms. The molecular formula is C19H16N2O4. The van der Waals surface area contributed by atoms with Crippen molar-refractivity contribution < 1.29 is 19.2 Å². The van der Waals surface area contributed by atoms with Gasteiger partial charge in [-0.2, -0.15) is 0 Å². The molecule has 0 saturated carbocycles. The zero-order valence-corrected chi connectivity index (χ0v) is 13.3. The number of ketones is 1. The number of Topliss-reactive ketones (excluding diaryl/α,β-unsaturated/α-hetero) is 1. The van der Waals surface area contributed by atoms with Crippen LogP contribution in [-0.4, -0.2) is 28.4 Å². The second-order valence-corrected chi connectivity index (χ2v) is 5.72. The molecule has 3 rings (SSSR count). The van der Waals surface area contributed by atoms with E-state index in [4.69, 9.17) is 0 Å². The first-order valence-corrected chi connectivity index (χ1v) is 7.83. The Morgan fingerprint density at radius 2 is 1.44 bits per heavy atom. The van der Waals surface area contributed by atoms with Gasteiger partial charge in [-0.05, 0) is 11.1 Å². The van der Waals surface area contributed by atoms with Crippen LogP contribution in [0.5, 0.6) is 0 Å². The first kappa shape index (κ1) is 16.6. The molecule has 0 radical (unpaired) electrons. The van der Waals surface area contributed by atoms with Crippen LogP contribution in [0, 0.1) is 5.92 Å². The van der Waals surface area contributed by atoms with Crippen molar-refractivity contribution >= 4 is 23.5 Å². The normalized spacial score (nSPS) is 17.0. The second kappa shape index (κ2) is 7.09. The third kappa shape index (κ3) is 3.47. The Morgan fingerprint density at radius 1 is 0.880 bits per heavy atom. The molecule has 0 unspecified atom stereocenters. The number of hydrogen-bond acceptors (Lipinski definition) is 4. The summed E-state index contributed by atoms with van der Waals surface area (Å²) in [6.45, 7) is 0.163. The smallest absolute Gasteiger partial charge is 0.298 e. The minimum Gasteiger partial charge on any atom is -0.351 e. The topological polar surface area (TPSA) is 83.6 Å². The maximum absolute atomic E-state index is 12.4. The van der Waals surface area contributed by atoms with Crippen LogP contribution in [0.1, 0.15) is 11.1 Å². The number of benzene rings is 2. The Hall–Kier alpha value is -3.28. The Morgan fingerprint density at radius 3 is 2.04 bits per heavy atom. The SMILES string of the molecule is O=C(NCc1ccccc1)[C@@H]1C(=O)C(=O)N(Cc2ccccc2)C1=O. The van der Waals surface area contributed by atoms with Crippen molar-refractivity contribution in [2.45, 2.75) is 13.1 Å². The van der Waals surface area contributed by atoms with E-state index in [2.05, 4.69) is 5.32 Å². The molecule has 1 heterocycles. The van der Waals surface area contributed by atoms with E-state index >= 15 is 0 Å². The van der Waals surface area contributed by atoms with Crippen molar-refractivity contribution in [3.05, 3.63) is 71.8 Å². The van der Waals surface area contributed by atoms with E-state index in [1.54, 1.807) is 24.3 Å².